The van der Waals surface area contributed by atoms with Crippen LogP contribution in [0.15, 0.2) is 48.7 Å². The summed E-state index contributed by atoms with van der Waals surface area (Å²) in [6.07, 6.45) is 5.41. The van der Waals surface area contributed by atoms with Gasteiger partial charge in [-0.25, -0.2) is 0 Å². The number of hydrogen-bond acceptors (Lipinski definition) is 3. The van der Waals surface area contributed by atoms with Gasteiger partial charge in [-0.3, -0.25) is 9.48 Å². The van der Waals surface area contributed by atoms with Gasteiger partial charge in [0, 0.05) is 43.6 Å². The highest BCUT2D eigenvalue weighted by atomic mass is 16.2. The zero-order chi connectivity index (χ0) is 20.7. The number of carbonyl (C=O) groups excluding carboxylic acids is 1. The molecule has 0 radical (unpaired) electrons. The van der Waals surface area contributed by atoms with Crippen molar-refractivity contribution >= 4 is 11.6 Å². The van der Waals surface area contributed by atoms with E-state index in [9.17, 15) is 4.79 Å². The predicted octanol–water partition coefficient (Wildman–Crippen LogP) is 4.01. The summed E-state index contributed by atoms with van der Waals surface area (Å²) < 4.78 is 4.31. The molecule has 0 atom stereocenters. The van der Waals surface area contributed by atoms with Crippen molar-refractivity contribution in [2.75, 3.05) is 18.4 Å². The van der Waals surface area contributed by atoms with Gasteiger partial charge in [0.1, 0.15) is 0 Å². The Morgan fingerprint density at radius 3 is 2.70 bits per heavy atom. The van der Waals surface area contributed by atoms with Crippen LogP contribution < -0.4 is 5.32 Å². The van der Waals surface area contributed by atoms with E-state index in [0.29, 0.717) is 6.42 Å². The smallest absolute Gasteiger partial charge is 0.222 e. The van der Waals surface area contributed by atoms with Gasteiger partial charge in [0.25, 0.3) is 0 Å². The monoisotopic (exact) mass is 403 g/mol. The van der Waals surface area contributed by atoms with Gasteiger partial charge in [0.15, 0.2) is 0 Å². The largest absolute Gasteiger partial charge is 0.372 e. The first-order valence-corrected chi connectivity index (χ1v) is 10.9. The van der Waals surface area contributed by atoms with Crippen molar-refractivity contribution in [3.63, 3.8) is 0 Å². The highest BCUT2D eigenvalue weighted by molar-refractivity contribution is 5.76. The Morgan fingerprint density at radius 1 is 1.13 bits per heavy atom. The molecule has 1 spiro atoms. The molecular weight excluding hydrogens is 374 g/mol. The van der Waals surface area contributed by atoms with Crippen LogP contribution in [0, 0.1) is 13.8 Å². The number of anilines is 1. The van der Waals surface area contributed by atoms with Crippen molar-refractivity contribution in [1.82, 2.24) is 19.2 Å². The van der Waals surface area contributed by atoms with Crippen molar-refractivity contribution in [3.05, 3.63) is 65.7 Å². The summed E-state index contributed by atoms with van der Waals surface area (Å²) in [6.45, 7) is 6.46. The summed E-state index contributed by atoms with van der Waals surface area (Å²) in [6, 6.07) is 14.9. The highest BCUT2D eigenvalue weighted by Crippen LogP contribution is 2.43. The molecule has 0 bridgehead atoms. The zero-order valence-corrected chi connectivity index (χ0v) is 17.8. The third-order valence-electron chi connectivity index (χ3n) is 6.61. The number of nitrogens with one attached hydrogen (secondary N) is 1. The predicted molar refractivity (Wildman–Crippen MR) is 118 cm³/mol. The molecule has 1 fully saturated rings. The lowest BCUT2D eigenvalue weighted by Gasteiger charge is -2.46. The first kappa shape index (κ1) is 19.0. The van der Waals surface area contributed by atoms with Gasteiger partial charge in [-0.15, -0.1) is 0 Å². The molecule has 156 valence electrons. The second-order valence-electron chi connectivity index (χ2n) is 8.62. The van der Waals surface area contributed by atoms with E-state index in [1.165, 1.54) is 17.1 Å². The maximum absolute atomic E-state index is 12.8. The Morgan fingerprint density at radius 2 is 1.93 bits per heavy atom. The number of likely N-dealkylation sites (tertiary alicyclic amines) is 1. The first-order chi connectivity index (χ1) is 14.6. The molecule has 1 N–H and O–H groups in total. The maximum Gasteiger partial charge on any atom is 0.222 e. The van der Waals surface area contributed by atoms with Crippen LogP contribution in [0.3, 0.4) is 0 Å². The van der Waals surface area contributed by atoms with E-state index >= 15 is 0 Å². The molecule has 30 heavy (non-hydrogen) atoms. The molecule has 1 amide bonds. The molecule has 2 aliphatic heterocycles. The number of carbonyl (C=O) groups is 1. The quantitative estimate of drug-likeness (QED) is 0.716. The molecule has 1 aromatic carbocycles. The summed E-state index contributed by atoms with van der Waals surface area (Å²) >= 11 is 0. The topological polar surface area (TPSA) is 55.1 Å². The second kappa shape index (κ2) is 7.35. The average molecular weight is 404 g/mol. The Labute approximate surface area is 177 Å². The van der Waals surface area contributed by atoms with E-state index in [-0.39, 0.29) is 11.4 Å². The Kier molecular flexibility index (Phi) is 4.65. The van der Waals surface area contributed by atoms with E-state index in [1.54, 1.807) is 0 Å². The van der Waals surface area contributed by atoms with Crippen LogP contribution in [0.1, 0.15) is 42.8 Å². The third-order valence-corrected chi connectivity index (χ3v) is 6.61. The lowest BCUT2D eigenvalue weighted by atomic mass is 9.82. The van der Waals surface area contributed by atoms with Gasteiger partial charge in [0.05, 0.1) is 22.6 Å². The lowest BCUT2D eigenvalue weighted by Crippen LogP contribution is -2.51. The summed E-state index contributed by atoms with van der Waals surface area (Å²) in [5.41, 5.74) is 5.77. The summed E-state index contributed by atoms with van der Waals surface area (Å²) in [5, 5.41) is 8.31. The molecule has 2 aliphatic rings. The van der Waals surface area contributed by atoms with E-state index < -0.39 is 0 Å². The van der Waals surface area contributed by atoms with Gasteiger partial charge in [0.2, 0.25) is 5.91 Å². The molecule has 3 aromatic rings. The molecule has 6 heteroatoms. The molecule has 0 unspecified atom stereocenters. The van der Waals surface area contributed by atoms with Crippen LogP contribution in [-0.4, -0.2) is 38.2 Å². The minimum absolute atomic E-state index is 0.0989. The van der Waals surface area contributed by atoms with E-state index in [0.717, 1.165) is 50.3 Å². The molecular formula is C24H29N5O. The number of hydrogen-bond donors (Lipinski definition) is 1. The van der Waals surface area contributed by atoms with Gasteiger partial charge >= 0.3 is 0 Å². The number of fused-ring (bicyclic) bond motifs is 4. The van der Waals surface area contributed by atoms with Crippen molar-refractivity contribution in [3.8, 4) is 5.69 Å². The van der Waals surface area contributed by atoms with Crippen LogP contribution >= 0.6 is 0 Å². The number of rotatable bonds is 4. The normalized spacial score (nSPS) is 16.8. The average Bonchev–Trinajstić information content (AvgIpc) is 3.36. The number of benzene rings is 1. The minimum atomic E-state index is -0.0989. The standard InChI is InChI=1S/C24H29N5O/c1-18-17-19(2)29(26-18)14-6-10-23(30)27-15-11-24(12-16-27)22-9-5-13-28(22)21-8-4-3-7-20(21)25-24/h3-5,7-9,13,17,25H,6,10-12,14-16H2,1-2H3. The van der Waals surface area contributed by atoms with Crippen LogP contribution in [0.25, 0.3) is 5.69 Å². The van der Waals surface area contributed by atoms with Crippen molar-refractivity contribution in [2.24, 2.45) is 0 Å². The molecule has 0 aliphatic carbocycles. The number of para-hydroxylation sites is 2. The second-order valence-corrected chi connectivity index (χ2v) is 8.62. The van der Waals surface area contributed by atoms with Crippen molar-refractivity contribution in [2.45, 2.75) is 51.6 Å². The van der Waals surface area contributed by atoms with Gasteiger partial charge in [-0.2, -0.15) is 5.10 Å². The van der Waals surface area contributed by atoms with E-state index in [1.807, 2.05) is 16.5 Å². The SMILES string of the molecule is Cc1cc(C)n(CCCC(=O)N2CCC3(CC2)Nc2ccccc2-n2cccc23)n1. The number of piperidine rings is 1. The Hall–Kier alpha value is -3.02. The van der Waals surface area contributed by atoms with E-state index in [2.05, 4.69) is 70.6 Å². The number of aromatic nitrogens is 3. The van der Waals surface area contributed by atoms with Crippen LogP contribution in [0.4, 0.5) is 5.69 Å². The lowest BCUT2D eigenvalue weighted by molar-refractivity contribution is -0.132. The van der Waals surface area contributed by atoms with Gasteiger partial charge in [-0.05, 0) is 63.4 Å². The molecule has 4 heterocycles. The molecule has 2 aromatic heterocycles. The fourth-order valence-corrected chi connectivity index (χ4v) is 5.05. The molecule has 5 rings (SSSR count). The van der Waals surface area contributed by atoms with Crippen LogP contribution in [0.2, 0.25) is 0 Å². The zero-order valence-electron chi connectivity index (χ0n) is 17.8. The number of amides is 1. The molecule has 0 saturated carbocycles. The number of nitrogens with zero attached hydrogens (tertiary/aromatic N) is 4. The van der Waals surface area contributed by atoms with E-state index in [4.69, 9.17) is 0 Å². The first-order valence-electron chi connectivity index (χ1n) is 10.9. The summed E-state index contributed by atoms with van der Waals surface area (Å²) in [5.74, 6) is 0.262. The van der Waals surface area contributed by atoms with Crippen molar-refractivity contribution < 1.29 is 4.79 Å². The fourth-order valence-electron chi connectivity index (χ4n) is 5.05. The van der Waals surface area contributed by atoms with Gasteiger partial charge in [-0.1, -0.05) is 12.1 Å². The Balaban J connectivity index is 1.22. The van der Waals surface area contributed by atoms with Crippen molar-refractivity contribution in [1.29, 1.82) is 0 Å². The highest BCUT2D eigenvalue weighted by Gasteiger charge is 2.42. The van der Waals surface area contributed by atoms with Crippen LogP contribution in [-0.2, 0) is 16.9 Å². The van der Waals surface area contributed by atoms with Gasteiger partial charge < -0.3 is 14.8 Å². The summed E-state index contributed by atoms with van der Waals surface area (Å²) in [4.78, 5) is 14.9. The molecule has 6 nitrogen and oxygen atoms in total. The molecule has 1 saturated heterocycles. The summed E-state index contributed by atoms with van der Waals surface area (Å²) in [7, 11) is 0. The Bertz CT molecular complexity index is 1070. The minimum Gasteiger partial charge on any atom is -0.372 e. The van der Waals surface area contributed by atoms with Crippen LogP contribution in [0.5, 0.6) is 0 Å². The maximum atomic E-state index is 12.8. The fraction of sp³-hybridized carbons (Fsp3) is 0.417. The number of aryl methyl sites for hydroxylation is 3. The third kappa shape index (κ3) is 3.20.